The third kappa shape index (κ3) is 4.17. The van der Waals surface area contributed by atoms with Gasteiger partial charge in [-0.05, 0) is 79.3 Å². The van der Waals surface area contributed by atoms with Crippen LogP contribution in [0.15, 0.2) is 64.8 Å². The zero-order chi connectivity index (χ0) is 22.8. The Morgan fingerprint density at radius 3 is 2.82 bits per heavy atom. The predicted molar refractivity (Wildman–Crippen MR) is 130 cm³/mol. The van der Waals surface area contributed by atoms with Crippen molar-refractivity contribution in [1.82, 2.24) is 15.0 Å². The molecule has 0 unspecified atom stereocenters. The summed E-state index contributed by atoms with van der Waals surface area (Å²) < 4.78 is 6.64. The molecule has 1 amide bonds. The van der Waals surface area contributed by atoms with Crippen LogP contribution < -0.4 is 15.7 Å². The standard InChI is InChI=1S/C25H22N4O3S/c1-32-19-11-9-16(10-12-19)14-27-28-23(30)17-5-4-6-18(13-17)29-15-26-24-22(25(29)31)20-7-2-3-8-21(20)33-24/h4-6,9-15H,2-3,7-8H2,1H3,(H,28,30)/b27-14+. The molecule has 0 bridgehead atoms. The molecule has 1 aliphatic carbocycles. The van der Waals surface area contributed by atoms with Crippen molar-refractivity contribution in [2.75, 3.05) is 7.11 Å². The van der Waals surface area contributed by atoms with Gasteiger partial charge in [0.05, 0.1) is 24.4 Å². The fourth-order valence-corrected chi connectivity index (χ4v) is 5.27. The number of aromatic nitrogens is 2. The summed E-state index contributed by atoms with van der Waals surface area (Å²) in [5.74, 6) is 0.385. The largest absolute Gasteiger partial charge is 0.497 e. The highest BCUT2D eigenvalue weighted by molar-refractivity contribution is 7.18. The van der Waals surface area contributed by atoms with E-state index >= 15 is 0 Å². The fraction of sp³-hybridized carbons (Fsp3) is 0.200. The van der Waals surface area contributed by atoms with Crippen LogP contribution in [0.3, 0.4) is 0 Å². The molecule has 1 N–H and O–H groups in total. The first-order valence-electron chi connectivity index (χ1n) is 10.7. The first-order chi connectivity index (χ1) is 16.1. The van der Waals surface area contributed by atoms with Crippen molar-refractivity contribution in [3.05, 3.63) is 86.8 Å². The van der Waals surface area contributed by atoms with Crippen LogP contribution in [-0.4, -0.2) is 28.8 Å². The van der Waals surface area contributed by atoms with Crippen LogP contribution in [0.25, 0.3) is 15.9 Å². The van der Waals surface area contributed by atoms with Gasteiger partial charge >= 0.3 is 0 Å². The number of carbonyl (C=O) groups is 1. The Hall–Kier alpha value is -3.78. The van der Waals surface area contributed by atoms with E-state index in [9.17, 15) is 9.59 Å². The van der Waals surface area contributed by atoms with Gasteiger partial charge in [-0.3, -0.25) is 14.2 Å². The molecule has 0 atom stereocenters. The van der Waals surface area contributed by atoms with Crippen molar-refractivity contribution in [3.63, 3.8) is 0 Å². The number of rotatable bonds is 5. The van der Waals surface area contributed by atoms with Crippen molar-refractivity contribution >= 4 is 33.7 Å². The van der Waals surface area contributed by atoms with E-state index in [1.807, 2.05) is 24.3 Å². The predicted octanol–water partition coefficient (Wildman–Crippen LogP) is 4.10. The summed E-state index contributed by atoms with van der Waals surface area (Å²) in [6.45, 7) is 0. The average Bonchev–Trinajstić information content (AvgIpc) is 3.24. The number of nitrogens with one attached hydrogen (secondary N) is 1. The zero-order valence-corrected chi connectivity index (χ0v) is 18.9. The monoisotopic (exact) mass is 458 g/mol. The van der Waals surface area contributed by atoms with E-state index < -0.39 is 0 Å². The number of thiophene rings is 1. The molecule has 166 valence electrons. The summed E-state index contributed by atoms with van der Waals surface area (Å²) in [5, 5.41) is 4.75. The van der Waals surface area contributed by atoms with Gasteiger partial charge in [0, 0.05) is 10.4 Å². The molecule has 2 heterocycles. The second-order valence-electron chi connectivity index (χ2n) is 7.83. The minimum absolute atomic E-state index is 0.0884. The van der Waals surface area contributed by atoms with Gasteiger partial charge < -0.3 is 4.74 Å². The Morgan fingerprint density at radius 1 is 1.18 bits per heavy atom. The number of amides is 1. The number of ether oxygens (including phenoxy) is 1. The van der Waals surface area contributed by atoms with Crippen LogP contribution in [0.5, 0.6) is 5.75 Å². The molecule has 0 aliphatic heterocycles. The number of hydrazone groups is 1. The molecule has 0 radical (unpaired) electrons. The molecule has 0 spiro atoms. The van der Waals surface area contributed by atoms with E-state index in [2.05, 4.69) is 15.5 Å². The summed E-state index contributed by atoms with van der Waals surface area (Å²) in [4.78, 5) is 32.6. The van der Waals surface area contributed by atoms with E-state index in [1.165, 1.54) is 9.44 Å². The van der Waals surface area contributed by atoms with Crippen molar-refractivity contribution in [2.45, 2.75) is 25.7 Å². The maximum Gasteiger partial charge on any atom is 0.271 e. The zero-order valence-electron chi connectivity index (χ0n) is 18.1. The van der Waals surface area contributed by atoms with Gasteiger partial charge in [0.2, 0.25) is 0 Å². The first kappa shape index (κ1) is 21.1. The van der Waals surface area contributed by atoms with Gasteiger partial charge in [0.1, 0.15) is 16.9 Å². The van der Waals surface area contributed by atoms with Crippen molar-refractivity contribution in [3.8, 4) is 11.4 Å². The van der Waals surface area contributed by atoms with E-state index in [1.54, 1.807) is 55.3 Å². The smallest absolute Gasteiger partial charge is 0.271 e. The molecule has 2 aromatic carbocycles. The molecule has 7 nitrogen and oxygen atoms in total. The lowest BCUT2D eigenvalue weighted by Gasteiger charge is -2.11. The molecule has 4 aromatic rings. The number of hydrogen-bond acceptors (Lipinski definition) is 6. The number of hydrogen-bond donors (Lipinski definition) is 1. The minimum atomic E-state index is -0.364. The number of benzene rings is 2. The number of methoxy groups -OCH3 is 1. The quantitative estimate of drug-likeness (QED) is 0.360. The third-order valence-corrected chi connectivity index (χ3v) is 6.96. The summed E-state index contributed by atoms with van der Waals surface area (Å²) in [6.07, 6.45) is 7.30. The molecule has 1 aliphatic rings. The minimum Gasteiger partial charge on any atom is -0.497 e. The highest BCUT2D eigenvalue weighted by atomic mass is 32.1. The highest BCUT2D eigenvalue weighted by Crippen LogP contribution is 2.33. The van der Waals surface area contributed by atoms with E-state index in [0.29, 0.717) is 11.3 Å². The topological polar surface area (TPSA) is 85.6 Å². The number of nitrogens with zero attached hydrogens (tertiary/aromatic N) is 3. The third-order valence-electron chi connectivity index (χ3n) is 5.76. The number of fused-ring (bicyclic) bond motifs is 3. The van der Waals surface area contributed by atoms with Crippen LogP contribution in [0.2, 0.25) is 0 Å². The second-order valence-corrected chi connectivity index (χ2v) is 8.92. The van der Waals surface area contributed by atoms with Gasteiger partial charge in [0.25, 0.3) is 11.5 Å². The molecule has 0 saturated heterocycles. The first-order valence-corrected chi connectivity index (χ1v) is 11.6. The average molecular weight is 459 g/mol. The lowest BCUT2D eigenvalue weighted by Crippen LogP contribution is -2.21. The number of carbonyl (C=O) groups excluding carboxylic acids is 1. The molecule has 2 aromatic heterocycles. The van der Waals surface area contributed by atoms with E-state index in [4.69, 9.17) is 4.74 Å². The maximum absolute atomic E-state index is 13.3. The van der Waals surface area contributed by atoms with Gasteiger partial charge in [-0.15, -0.1) is 11.3 Å². The van der Waals surface area contributed by atoms with Crippen LogP contribution in [0.4, 0.5) is 0 Å². The fourth-order valence-electron chi connectivity index (χ4n) is 4.05. The molecular formula is C25H22N4O3S. The Kier molecular flexibility index (Phi) is 5.75. The van der Waals surface area contributed by atoms with Crippen molar-refractivity contribution in [1.29, 1.82) is 0 Å². The Bertz CT molecular complexity index is 1420. The molecular weight excluding hydrogens is 436 g/mol. The molecule has 33 heavy (non-hydrogen) atoms. The summed E-state index contributed by atoms with van der Waals surface area (Å²) in [5.41, 5.74) is 5.42. The van der Waals surface area contributed by atoms with Crippen LogP contribution >= 0.6 is 11.3 Å². The lowest BCUT2D eigenvalue weighted by atomic mass is 9.97. The Balaban J connectivity index is 1.39. The Labute approximate surface area is 194 Å². The maximum atomic E-state index is 13.3. The van der Waals surface area contributed by atoms with E-state index in [-0.39, 0.29) is 11.5 Å². The Morgan fingerprint density at radius 2 is 2.00 bits per heavy atom. The molecule has 0 saturated carbocycles. The van der Waals surface area contributed by atoms with Gasteiger partial charge in [-0.1, -0.05) is 6.07 Å². The van der Waals surface area contributed by atoms with Crippen molar-refractivity contribution < 1.29 is 9.53 Å². The normalized spacial score (nSPS) is 13.2. The van der Waals surface area contributed by atoms with Gasteiger partial charge in [0.15, 0.2) is 0 Å². The summed E-state index contributed by atoms with van der Waals surface area (Å²) >= 11 is 1.62. The second kappa shape index (κ2) is 8.99. The van der Waals surface area contributed by atoms with Crippen LogP contribution in [0.1, 0.15) is 39.2 Å². The molecule has 0 fully saturated rings. The molecule has 8 heteroatoms. The number of aryl methyl sites for hydroxylation is 2. The van der Waals surface area contributed by atoms with Crippen LogP contribution in [0, 0.1) is 0 Å². The SMILES string of the molecule is COc1ccc(/C=N/NC(=O)c2cccc(-n3cnc4sc5c(c4c3=O)CCCC5)c2)cc1. The van der Waals surface area contributed by atoms with Gasteiger partial charge in [-0.25, -0.2) is 10.4 Å². The highest BCUT2D eigenvalue weighted by Gasteiger charge is 2.20. The van der Waals surface area contributed by atoms with Crippen molar-refractivity contribution in [2.24, 2.45) is 5.10 Å². The lowest BCUT2D eigenvalue weighted by molar-refractivity contribution is 0.0955. The summed E-state index contributed by atoms with van der Waals surface area (Å²) in [7, 11) is 1.60. The molecule has 5 rings (SSSR count). The van der Waals surface area contributed by atoms with Crippen LogP contribution in [-0.2, 0) is 12.8 Å². The van der Waals surface area contributed by atoms with E-state index in [0.717, 1.165) is 52.8 Å². The summed E-state index contributed by atoms with van der Waals surface area (Å²) in [6, 6.07) is 14.2. The van der Waals surface area contributed by atoms with Gasteiger partial charge in [-0.2, -0.15) is 5.10 Å².